The lowest BCUT2D eigenvalue weighted by Gasteiger charge is -2.37. The normalized spacial score (nSPS) is 28.9. The molecule has 1 fully saturated rings. The van der Waals surface area contributed by atoms with Crippen molar-refractivity contribution in [3.05, 3.63) is 0 Å². The average Bonchev–Trinajstić information content (AvgIpc) is 2.25. The van der Waals surface area contributed by atoms with E-state index in [-0.39, 0.29) is 12.2 Å². The largest absolute Gasteiger partial charge is 0.480 e. The van der Waals surface area contributed by atoms with Crippen molar-refractivity contribution in [2.75, 3.05) is 26.2 Å². The van der Waals surface area contributed by atoms with E-state index in [0.717, 1.165) is 19.6 Å². The Hall–Kier alpha value is -0.650. The van der Waals surface area contributed by atoms with Crippen molar-refractivity contribution in [3.8, 4) is 0 Å². The number of carboxylic acids is 1. The molecule has 0 bridgehead atoms. The van der Waals surface area contributed by atoms with Gasteiger partial charge in [0.2, 0.25) is 0 Å². The number of likely N-dealkylation sites (N-methyl/N-ethyl adjacent to an activating group) is 1. The van der Waals surface area contributed by atoms with E-state index in [4.69, 9.17) is 4.74 Å². The first kappa shape index (κ1) is 15.4. The van der Waals surface area contributed by atoms with E-state index in [2.05, 4.69) is 24.1 Å². The maximum atomic E-state index is 11.3. The molecule has 1 rings (SSSR count). The minimum Gasteiger partial charge on any atom is -0.480 e. The Morgan fingerprint density at radius 2 is 2.00 bits per heavy atom. The second-order valence-electron chi connectivity index (χ2n) is 5.43. The van der Waals surface area contributed by atoms with Crippen molar-refractivity contribution in [2.45, 2.75) is 51.9 Å². The van der Waals surface area contributed by atoms with Crippen LogP contribution < -0.4 is 5.32 Å². The Labute approximate surface area is 109 Å². The van der Waals surface area contributed by atoms with E-state index >= 15 is 0 Å². The molecular weight excluding hydrogens is 232 g/mol. The Bertz CT molecular complexity index is 275. The van der Waals surface area contributed by atoms with Gasteiger partial charge in [0.05, 0.1) is 12.2 Å². The summed E-state index contributed by atoms with van der Waals surface area (Å²) in [6, 6.07) is 0. The molecule has 0 spiro atoms. The van der Waals surface area contributed by atoms with Crippen LogP contribution >= 0.6 is 0 Å². The Balaban J connectivity index is 2.49. The van der Waals surface area contributed by atoms with Crippen LogP contribution in [-0.2, 0) is 9.53 Å². The van der Waals surface area contributed by atoms with Gasteiger partial charge < -0.3 is 15.2 Å². The Kier molecular flexibility index (Phi) is 5.56. The van der Waals surface area contributed by atoms with Crippen molar-refractivity contribution in [2.24, 2.45) is 0 Å². The molecule has 18 heavy (non-hydrogen) atoms. The molecule has 0 aromatic rings. The average molecular weight is 258 g/mol. The predicted molar refractivity (Wildman–Crippen MR) is 70.8 cm³/mol. The van der Waals surface area contributed by atoms with Crippen LogP contribution in [-0.4, -0.2) is 59.9 Å². The summed E-state index contributed by atoms with van der Waals surface area (Å²) < 4.78 is 5.67. The second-order valence-corrected chi connectivity index (χ2v) is 5.43. The number of nitrogens with one attached hydrogen (secondary N) is 1. The third-order valence-electron chi connectivity index (χ3n) is 3.46. The van der Waals surface area contributed by atoms with Crippen molar-refractivity contribution in [1.29, 1.82) is 0 Å². The molecule has 2 N–H and O–H groups in total. The summed E-state index contributed by atoms with van der Waals surface area (Å²) in [7, 11) is 0. The number of carboxylic acid groups (broad SMARTS) is 1. The second kappa shape index (κ2) is 6.50. The fraction of sp³-hybridized carbons (Fsp3) is 0.923. The van der Waals surface area contributed by atoms with Gasteiger partial charge in [-0.1, -0.05) is 6.92 Å². The van der Waals surface area contributed by atoms with Crippen LogP contribution in [0.25, 0.3) is 0 Å². The van der Waals surface area contributed by atoms with Crippen LogP contribution in [0.1, 0.15) is 34.1 Å². The van der Waals surface area contributed by atoms with Crippen molar-refractivity contribution >= 4 is 5.97 Å². The predicted octanol–water partition coefficient (Wildman–Crippen LogP) is 0.939. The topological polar surface area (TPSA) is 61.8 Å². The number of aliphatic carboxylic acids is 1. The summed E-state index contributed by atoms with van der Waals surface area (Å²) in [6.45, 7) is 11.0. The van der Waals surface area contributed by atoms with Gasteiger partial charge in [-0.15, -0.1) is 0 Å². The molecule has 5 nitrogen and oxygen atoms in total. The van der Waals surface area contributed by atoms with Crippen molar-refractivity contribution in [3.63, 3.8) is 0 Å². The van der Waals surface area contributed by atoms with Crippen LogP contribution in [0.5, 0.6) is 0 Å². The van der Waals surface area contributed by atoms with Crippen LogP contribution in [0.4, 0.5) is 0 Å². The molecule has 3 unspecified atom stereocenters. The molecule has 0 aliphatic carbocycles. The molecule has 106 valence electrons. The maximum absolute atomic E-state index is 11.3. The van der Waals surface area contributed by atoms with Crippen molar-refractivity contribution in [1.82, 2.24) is 10.2 Å². The highest BCUT2D eigenvalue weighted by Crippen LogP contribution is 2.15. The van der Waals surface area contributed by atoms with E-state index in [9.17, 15) is 9.90 Å². The first-order valence-corrected chi connectivity index (χ1v) is 6.73. The molecule has 0 saturated carbocycles. The lowest BCUT2D eigenvalue weighted by atomic mass is 9.97. The Morgan fingerprint density at radius 1 is 1.44 bits per heavy atom. The summed E-state index contributed by atoms with van der Waals surface area (Å²) in [6.07, 6.45) is 1.06. The zero-order valence-corrected chi connectivity index (χ0v) is 11.9. The molecule has 5 heteroatoms. The first-order chi connectivity index (χ1) is 8.37. The van der Waals surface area contributed by atoms with Gasteiger partial charge in [-0.2, -0.15) is 0 Å². The first-order valence-electron chi connectivity index (χ1n) is 6.73. The molecule has 0 aromatic heterocycles. The number of morpholine rings is 1. The lowest BCUT2D eigenvalue weighted by molar-refractivity contribution is -0.144. The SMILES string of the molecule is CCNC(C)(CCN1CC(C)OC(C)C1)C(=O)O. The van der Waals surface area contributed by atoms with E-state index in [0.29, 0.717) is 13.0 Å². The monoisotopic (exact) mass is 258 g/mol. The van der Waals surface area contributed by atoms with Crippen LogP contribution in [0.3, 0.4) is 0 Å². The molecule has 3 atom stereocenters. The smallest absolute Gasteiger partial charge is 0.323 e. The zero-order chi connectivity index (χ0) is 13.8. The number of hydrogen-bond acceptors (Lipinski definition) is 4. The highest BCUT2D eigenvalue weighted by atomic mass is 16.5. The molecular formula is C13H26N2O3. The molecule has 0 aromatic carbocycles. The summed E-state index contributed by atoms with van der Waals surface area (Å²) >= 11 is 0. The third-order valence-corrected chi connectivity index (χ3v) is 3.46. The van der Waals surface area contributed by atoms with Gasteiger partial charge in [0.1, 0.15) is 5.54 Å². The van der Waals surface area contributed by atoms with E-state index in [1.807, 2.05) is 6.92 Å². The van der Waals surface area contributed by atoms with Crippen LogP contribution in [0.2, 0.25) is 0 Å². The fourth-order valence-corrected chi connectivity index (χ4v) is 2.51. The molecule has 0 radical (unpaired) electrons. The van der Waals surface area contributed by atoms with Gasteiger partial charge in [0.15, 0.2) is 0 Å². The van der Waals surface area contributed by atoms with Crippen molar-refractivity contribution < 1.29 is 14.6 Å². The van der Waals surface area contributed by atoms with Gasteiger partial charge in [-0.25, -0.2) is 0 Å². The standard InChI is InChI=1S/C13H26N2O3/c1-5-14-13(4,12(16)17)6-7-15-8-10(2)18-11(3)9-15/h10-11,14H,5-9H2,1-4H3,(H,16,17). The minimum absolute atomic E-state index is 0.226. The van der Waals surface area contributed by atoms with Crippen LogP contribution in [0, 0.1) is 0 Å². The van der Waals surface area contributed by atoms with E-state index in [1.54, 1.807) is 6.92 Å². The van der Waals surface area contributed by atoms with E-state index in [1.165, 1.54) is 0 Å². The van der Waals surface area contributed by atoms with Gasteiger partial charge in [0.25, 0.3) is 0 Å². The third kappa shape index (κ3) is 4.23. The zero-order valence-electron chi connectivity index (χ0n) is 11.9. The fourth-order valence-electron chi connectivity index (χ4n) is 2.51. The molecule has 1 aliphatic rings. The van der Waals surface area contributed by atoms with E-state index < -0.39 is 11.5 Å². The van der Waals surface area contributed by atoms with Gasteiger partial charge >= 0.3 is 5.97 Å². The summed E-state index contributed by atoms with van der Waals surface area (Å²) in [5, 5.41) is 12.4. The molecule has 1 heterocycles. The molecule has 1 aliphatic heterocycles. The van der Waals surface area contributed by atoms with Crippen LogP contribution in [0.15, 0.2) is 0 Å². The Morgan fingerprint density at radius 3 is 2.44 bits per heavy atom. The minimum atomic E-state index is -0.834. The number of ether oxygens (including phenoxy) is 1. The summed E-state index contributed by atoms with van der Waals surface area (Å²) in [4.78, 5) is 13.6. The van der Waals surface area contributed by atoms with Gasteiger partial charge in [-0.05, 0) is 33.7 Å². The highest BCUT2D eigenvalue weighted by Gasteiger charge is 2.33. The number of carbonyl (C=O) groups is 1. The quantitative estimate of drug-likeness (QED) is 0.742. The molecule has 1 saturated heterocycles. The number of hydrogen-bond donors (Lipinski definition) is 2. The maximum Gasteiger partial charge on any atom is 0.323 e. The highest BCUT2D eigenvalue weighted by molar-refractivity contribution is 5.78. The van der Waals surface area contributed by atoms with Gasteiger partial charge in [-0.3, -0.25) is 9.69 Å². The van der Waals surface area contributed by atoms with Gasteiger partial charge in [0, 0.05) is 19.6 Å². The number of rotatable bonds is 6. The number of nitrogens with zero attached hydrogens (tertiary/aromatic N) is 1. The lowest BCUT2D eigenvalue weighted by Crippen LogP contribution is -2.53. The summed E-state index contributed by atoms with van der Waals surface area (Å²) in [5.74, 6) is -0.779. The molecule has 0 amide bonds. The summed E-state index contributed by atoms with van der Waals surface area (Å²) in [5.41, 5.74) is -0.834.